The van der Waals surface area contributed by atoms with Crippen molar-refractivity contribution in [3.63, 3.8) is 0 Å². The Morgan fingerprint density at radius 2 is 1.67 bits per heavy atom. The van der Waals surface area contributed by atoms with Gasteiger partial charge in [0.1, 0.15) is 17.2 Å². The molecule has 0 saturated carbocycles. The first-order valence-corrected chi connectivity index (χ1v) is 16.7. The van der Waals surface area contributed by atoms with E-state index >= 15 is 0 Å². The van der Waals surface area contributed by atoms with E-state index < -0.39 is 15.3 Å². The average Bonchev–Trinajstić information content (AvgIpc) is 3.56. The van der Waals surface area contributed by atoms with Crippen molar-refractivity contribution >= 4 is 21.4 Å². The summed E-state index contributed by atoms with van der Waals surface area (Å²) in [5.41, 5.74) is 4.87. The molecule has 234 valence electrons. The summed E-state index contributed by atoms with van der Waals surface area (Å²) in [5.74, 6) is 2.58. The smallest absolute Gasteiger partial charge is 0.235 e. The second kappa shape index (κ2) is 14.5. The van der Waals surface area contributed by atoms with Gasteiger partial charge in [0.25, 0.3) is 0 Å². The van der Waals surface area contributed by atoms with Gasteiger partial charge < -0.3 is 19.1 Å². The normalized spacial score (nSPS) is 14.6. The lowest BCUT2D eigenvalue weighted by molar-refractivity contribution is 0.167. The van der Waals surface area contributed by atoms with Gasteiger partial charge in [0.05, 0.1) is 35.8 Å². The highest BCUT2D eigenvalue weighted by molar-refractivity contribution is 7.93. The van der Waals surface area contributed by atoms with Gasteiger partial charge in [-0.05, 0) is 92.4 Å². The van der Waals surface area contributed by atoms with E-state index in [4.69, 9.17) is 14.2 Å². The molecule has 4 aromatic rings. The molecule has 1 unspecified atom stereocenters. The van der Waals surface area contributed by atoms with Crippen molar-refractivity contribution in [2.24, 2.45) is 5.92 Å². The summed E-state index contributed by atoms with van der Waals surface area (Å²) in [7, 11) is -3.52. The van der Waals surface area contributed by atoms with E-state index in [1.54, 1.807) is 26.0 Å². The molecular formula is C36H39N3O5S. The second-order valence-corrected chi connectivity index (χ2v) is 13.8. The molecule has 9 heteroatoms. The fourth-order valence-corrected chi connectivity index (χ4v) is 5.87. The van der Waals surface area contributed by atoms with Crippen molar-refractivity contribution in [1.82, 2.24) is 0 Å². The minimum absolute atomic E-state index is 0.424. The summed E-state index contributed by atoms with van der Waals surface area (Å²) in [6.07, 6.45) is 1.02. The quantitative estimate of drug-likeness (QED) is 0.165. The number of rotatable bonds is 13. The van der Waals surface area contributed by atoms with E-state index in [2.05, 4.69) is 15.7 Å². The zero-order valence-electron chi connectivity index (χ0n) is 25.9. The van der Waals surface area contributed by atoms with Crippen LogP contribution in [-0.2, 0) is 27.8 Å². The Bertz CT molecular complexity index is 1740. The van der Waals surface area contributed by atoms with Crippen molar-refractivity contribution in [3.05, 3.63) is 113 Å². The third kappa shape index (κ3) is 8.56. The summed E-state index contributed by atoms with van der Waals surface area (Å²) in [6.45, 7) is 8.46. The number of nitrogens with one attached hydrogen (secondary N) is 1. The van der Waals surface area contributed by atoms with E-state index in [0.29, 0.717) is 48.4 Å². The Hall–Kier alpha value is -4.52. The summed E-state index contributed by atoms with van der Waals surface area (Å²) in [5, 5.41) is 8.89. The number of ether oxygens (including phenoxy) is 3. The van der Waals surface area contributed by atoms with Crippen molar-refractivity contribution < 1.29 is 22.6 Å². The molecule has 1 aliphatic heterocycles. The number of sulfonamides is 1. The molecule has 1 saturated heterocycles. The molecule has 1 N–H and O–H groups in total. The third-order valence-corrected chi connectivity index (χ3v) is 9.54. The second-order valence-electron chi connectivity index (χ2n) is 11.6. The SMILES string of the molecule is Cc1c(NS(=O)(=O)C(C)C)cccc1N(Cc1ccc(Oc2cccc(OCC3CCOC3)c2)cc1)Cc1cccc(C#N)c1. The minimum Gasteiger partial charge on any atom is -0.493 e. The van der Waals surface area contributed by atoms with Gasteiger partial charge in [0.15, 0.2) is 0 Å². The molecule has 8 nitrogen and oxygen atoms in total. The molecule has 0 aliphatic carbocycles. The Kier molecular flexibility index (Phi) is 10.3. The summed E-state index contributed by atoms with van der Waals surface area (Å²) in [4.78, 5) is 2.19. The highest BCUT2D eigenvalue weighted by atomic mass is 32.2. The fourth-order valence-electron chi connectivity index (χ4n) is 5.11. The van der Waals surface area contributed by atoms with Gasteiger partial charge in [-0.1, -0.05) is 36.4 Å². The lowest BCUT2D eigenvalue weighted by Gasteiger charge is -2.28. The molecule has 1 fully saturated rings. The van der Waals surface area contributed by atoms with Crippen LogP contribution in [-0.4, -0.2) is 33.5 Å². The van der Waals surface area contributed by atoms with E-state index in [1.807, 2.05) is 85.8 Å². The summed E-state index contributed by atoms with van der Waals surface area (Å²) >= 11 is 0. The van der Waals surface area contributed by atoms with E-state index in [1.165, 1.54) is 0 Å². The fraction of sp³-hybridized carbons (Fsp3) is 0.306. The van der Waals surface area contributed by atoms with Crippen LogP contribution < -0.4 is 19.1 Å². The summed E-state index contributed by atoms with van der Waals surface area (Å²) in [6, 6.07) is 30.9. The Balaban J connectivity index is 1.34. The number of benzene rings is 4. The van der Waals surface area contributed by atoms with Crippen molar-refractivity contribution in [1.29, 1.82) is 5.26 Å². The highest BCUT2D eigenvalue weighted by Gasteiger charge is 2.20. The van der Waals surface area contributed by atoms with E-state index in [-0.39, 0.29) is 0 Å². The Labute approximate surface area is 266 Å². The maximum atomic E-state index is 12.7. The van der Waals surface area contributed by atoms with Crippen LogP contribution in [0.15, 0.2) is 91.0 Å². The van der Waals surface area contributed by atoms with Crippen LogP contribution in [0.5, 0.6) is 17.2 Å². The molecule has 45 heavy (non-hydrogen) atoms. The molecule has 0 aromatic heterocycles. The number of nitriles is 1. The third-order valence-electron chi connectivity index (χ3n) is 7.80. The maximum absolute atomic E-state index is 12.7. The van der Waals surface area contributed by atoms with Gasteiger partial charge in [0, 0.05) is 37.4 Å². The van der Waals surface area contributed by atoms with Gasteiger partial charge in [-0.15, -0.1) is 0 Å². The largest absolute Gasteiger partial charge is 0.493 e. The van der Waals surface area contributed by atoms with E-state index in [0.717, 1.165) is 47.8 Å². The predicted molar refractivity (Wildman–Crippen MR) is 177 cm³/mol. The van der Waals surface area contributed by atoms with Crippen LogP contribution in [0.25, 0.3) is 0 Å². The van der Waals surface area contributed by atoms with Gasteiger partial charge in [-0.2, -0.15) is 5.26 Å². The van der Waals surface area contributed by atoms with Crippen molar-refractivity contribution in [3.8, 4) is 23.3 Å². The average molecular weight is 626 g/mol. The van der Waals surface area contributed by atoms with E-state index in [9.17, 15) is 13.7 Å². The highest BCUT2D eigenvalue weighted by Crippen LogP contribution is 2.32. The molecular weight excluding hydrogens is 586 g/mol. The zero-order chi connectivity index (χ0) is 31.8. The van der Waals surface area contributed by atoms with Gasteiger partial charge in [-0.25, -0.2) is 8.42 Å². The summed E-state index contributed by atoms with van der Waals surface area (Å²) < 4.78 is 45.7. The van der Waals surface area contributed by atoms with Gasteiger partial charge in [0.2, 0.25) is 10.0 Å². The first-order chi connectivity index (χ1) is 21.7. The van der Waals surface area contributed by atoms with Gasteiger partial charge >= 0.3 is 0 Å². The number of nitrogens with zero attached hydrogens (tertiary/aromatic N) is 2. The van der Waals surface area contributed by atoms with Crippen LogP contribution in [0, 0.1) is 24.2 Å². The van der Waals surface area contributed by atoms with Crippen LogP contribution in [0.4, 0.5) is 11.4 Å². The lowest BCUT2D eigenvalue weighted by Crippen LogP contribution is -2.25. The van der Waals surface area contributed by atoms with Crippen molar-refractivity contribution in [2.75, 3.05) is 29.4 Å². The molecule has 1 aliphatic rings. The number of anilines is 2. The molecule has 4 aromatic carbocycles. The van der Waals surface area contributed by atoms with Crippen LogP contribution in [0.3, 0.4) is 0 Å². The maximum Gasteiger partial charge on any atom is 0.235 e. The predicted octanol–water partition coefficient (Wildman–Crippen LogP) is 7.43. The molecule has 1 atom stereocenters. The molecule has 0 amide bonds. The standard InChI is InChI=1S/C36H39N3O5S/c1-26(2)45(40,41)38-35-11-6-12-36(27(35)3)39(23-30-8-4-7-29(19-30)21-37)22-28-13-15-32(16-14-28)44-34-10-5-9-33(20-34)43-25-31-17-18-42-24-31/h4-16,19-20,26,31,38H,17-18,22-25H2,1-3H3. The molecule has 5 rings (SSSR count). The number of hydrogen-bond acceptors (Lipinski definition) is 7. The molecule has 0 spiro atoms. The molecule has 0 radical (unpaired) electrons. The topological polar surface area (TPSA) is 101 Å². The zero-order valence-corrected chi connectivity index (χ0v) is 26.7. The monoisotopic (exact) mass is 625 g/mol. The first kappa shape index (κ1) is 31.9. The molecule has 1 heterocycles. The lowest BCUT2D eigenvalue weighted by atomic mass is 10.1. The Morgan fingerprint density at radius 3 is 2.40 bits per heavy atom. The number of hydrogen-bond donors (Lipinski definition) is 1. The van der Waals surface area contributed by atoms with Crippen LogP contribution in [0.2, 0.25) is 0 Å². The van der Waals surface area contributed by atoms with Crippen LogP contribution >= 0.6 is 0 Å². The van der Waals surface area contributed by atoms with Gasteiger partial charge in [-0.3, -0.25) is 4.72 Å². The van der Waals surface area contributed by atoms with Crippen molar-refractivity contribution in [2.45, 2.75) is 45.5 Å². The molecule has 0 bridgehead atoms. The minimum atomic E-state index is -3.52. The first-order valence-electron chi connectivity index (χ1n) is 15.1. The Morgan fingerprint density at radius 1 is 0.933 bits per heavy atom. The van der Waals surface area contributed by atoms with Crippen LogP contribution in [0.1, 0.15) is 42.5 Å².